The second-order valence-corrected chi connectivity index (χ2v) is 7.04. The van der Waals surface area contributed by atoms with Crippen LogP contribution in [0, 0.1) is 6.92 Å². The summed E-state index contributed by atoms with van der Waals surface area (Å²) in [6.07, 6.45) is -0.551. The van der Waals surface area contributed by atoms with Crippen molar-refractivity contribution < 1.29 is 8.78 Å². The third-order valence-electron chi connectivity index (χ3n) is 4.84. The average Bonchev–Trinajstić information content (AvgIpc) is 2.60. The number of nitrogens with one attached hydrogen (secondary N) is 2. The number of aliphatic imine (C=N–C) groups is 1. The lowest BCUT2D eigenvalue weighted by Gasteiger charge is -2.32. The molecule has 7 heteroatoms. The molecule has 1 fully saturated rings. The van der Waals surface area contributed by atoms with Gasteiger partial charge in [-0.1, -0.05) is 6.07 Å². The Balaban J connectivity index is 1.82. The van der Waals surface area contributed by atoms with E-state index in [1.165, 1.54) is 16.8 Å². The molecule has 0 saturated carbocycles. The van der Waals surface area contributed by atoms with Crippen LogP contribution >= 0.6 is 0 Å². The van der Waals surface area contributed by atoms with Crippen molar-refractivity contribution in [2.75, 3.05) is 45.7 Å². The lowest BCUT2D eigenvalue weighted by atomic mass is 10.1. The summed E-state index contributed by atoms with van der Waals surface area (Å²) in [4.78, 5) is 8.21. The van der Waals surface area contributed by atoms with E-state index in [-0.39, 0.29) is 12.6 Å². The number of nitrogens with zero attached hydrogens (tertiary/aromatic N) is 3. The molecule has 0 aromatic heterocycles. The van der Waals surface area contributed by atoms with Crippen molar-refractivity contribution >= 4 is 11.6 Å². The molecule has 0 radical (unpaired) electrons. The van der Waals surface area contributed by atoms with E-state index in [4.69, 9.17) is 0 Å². The Morgan fingerprint density at radius 3 is 2.54 bits per heavy atom. The maximum Gasteiger partial charge on any atom is 0.251 e. The summed E-state index contributed by atoms with van der Waals surface area (Å²) >= 11 is 0. The first kappa shape index (κ1) is 20.4. The van der Waals surface area contributed by atoms with E-state index in [2.05, 4.69) is 45.6 Å². The number of alkyl halides is 2. The van der Waals surface area contributed by atoms with E-state index >= 15 is 0 Å². The zero-order valence-corrected chi connectivity index (χ0v) is 16.2. The number of benzene rings is 1. The quantitative estimate of drug-likeness (QED) is 0.599. The zero-order valence-electron chi connectivity index (χ0n) is 16.2. The van der Waals surface area contributed by atoms with Crippen LogP contribution in [0.4, 0.5) is 14.5 Å². The van der Waals surface area contributed by atoms with Gasteiger partial charge in [-0.25, -0.2) is 8.78 Å². The molecule has 2 rings (SSSR count). The van der Waals surface area contributed by atoms with Crippen LogP contribution in [0.25, 0.3) is 0 Å². The zero-order chi connectivity index (χ0) is 19.1. The lowest BCUT2D eigenvalue weighted by molar-refractivity contribution is 0.0744. The number of hydrogen-bond acceptors (Lipinski definition) is 3. The summed E-state index contributed by atoms with van der Waals surface area (Å²) in [7, 11) is 5.82. The fraction of sp³-hybridized carbons (Fsp3) is 0.632. The third-order valence-corrected chi connectivity index (χ3v) is 4.84. The summed E-state index contributed by atoms with van der Waals surface area (Å²) in [6.45, 7) is 4.08. The van der Waals surface area contributed by atoms with Crippen LogP contribution in [-0.4, -0.2) is 64.1 Å². The maximum absolute atomic E-state index is 12.5. The highest BCUT2D eigenvalue weighted by atomic mass is 19.3. The molecule has 0 unspecified atom stereocenters. The monoisotopic (exact) mass is 367 g/mol. The average molecular weight is 367 g/mol. The number of aryl methyl sites for hydroxylation is 1. The molecule has 1 heterocycles. The van der Waals surface area contributed by atoms with E-state index in [0.29, 0.717) is 19.6 Å². The Bertz CT molecular complexity index is 596. The Morgan fingerprint density at radius 1 is 1.31 bits per heavy atom. The molecule has 0 spiro atoms. The van der Waals surface area contributed by atoms with Crippen molar-refractivity contribution in [3.05, 3.63) is 29.3 Å². The van der Waals surface area contributed by atoms with Gasteiger partial charge in [0.2, 0.25) is 0 Å². The number of guanidine groups is 1. The first-order chi connectivity index (χ1) is 12.4. The van der Waals surface area contributed by atoms with Gasteiger partial charge in [0.1, 0.15) is 0 Å². The van der Waals surface area contributed by atoms with Crippen molar-refractivity contribution in [2.24, 2.45) is 4.99 Å². The van der Waals surface area contributed by atoms with E-state index in [1.807, 2.05) is 19.0 Å². The van der Waals surface area contributed by atoms with Crippen LogP contribution in [0.1, 0.15) is 24.0 Å². The van der Waals surface area contributed by atoms with Crippen LogP contribution in [-0.2, 0) is 6.54 Å². The minimum absolute atomic E-state index is 0.123. The largest absolute Gasteiger partial charge is 0.378 e. The van der Waals surface area contributed by atoms with Gasteiger partial charge >= 0.3 is 0 Å². The fourth-order valence-corrected chi connectivity index (χ4v) is 3.18. The number of halogens is 2. The van der Waals surface area contributed by atoms with Gasteiger partial charge in [0.15, 0.2) is 5.96 Å². The molecular weight excluding hydrogens is 336 g/mol. The smallest absolute Gasteiger partial charge is 0.251 e. The van der Waals surface area contributed by atoms with E-state index in [1.54, 1.807) is 7.05 Å². The molecule has 2 N–H and O–H groups in total. The van der Waals surface area contributed by atoms with Crippen LogP contribution < -0.4 is 15.5 Å². The van der Waals surface area contributed by atoms with E-state index in [0.717, 1.165) is 18.8 Å². The van der Waals surface area contributed by atoms with Gasteiger partial charge in [-0.05, 0) is 43.0 Å². The molecule has 1 saturated heterocycles. The Hall–Kier alpha value is -1.89. The molecule has 0 atom stereocenters. The molecule has 146 valence electrons. The van der Waals surface area contributed by atoms with Gasteiger partial charge in [0.25, 0.3) is 6.43 Å². The first-order valence-electron chi connectivity index (χ1n) is 9.13. The second-order valence-electron chi connectivity index (χ2n) is 7.04. The van der Waals surface area contributed by atoms with Gasteiger partial charge in [-0.15, -0.1) is 0 Å². The summed E-state index contributed by atoms with van der Waals surface area (Å²) in [5.74, 6) is 0.758. The van der Waals surface area contributed by atoms with Crippen molar-refractivity contribution in [2.45, 2.75) is 38.8 Å². The number of hydrogen-bond donors (Lipinski definition) is 2. The minimum Gasteiger partial charge on any atom is -0.378 e. The van der Waals surface area contributed by atoms with Crippen molar-refractivity contribution in [1.29, 1.82) is 0 Å². The molecule has 1 aliphatic heterocycles. The highest BCUT2D eigenvalue weighted by Gasteiger charge is 2.21. The van der Waals surface area contributed by atoms with E-state index < -0.39 is 6.43 Å². The Kier molecular flexibility index (Phi) is 7.63. The minimum atomic E-state index is -2.25. The Labute approximate surface area is 155 Å². The highest BCUT2D eigenvalue weighted by Crippen LogP contribution is 2.17. The SMILES string of the molecule is CN=C(NCc1ccc(N(C)C)cc1C)NC1CCN(CC(F)F)CC1. The summed E-state index contributed by atoms with van der Waals surface area (Å²) < 4.78 is 24.9. The molecular formula is C19H31F2N5. The fourth-order valence-electron chi connectivity index (χ4n) is 3.18. The predicted molar refractivity (Wildman–Crippen MR) is 104 cm³/mol. The molecule has 0 bridgehead atoms. The van der Waals surface area contributed by atoms with E-state index in [9.17, 15) is 8.78 Å². The number of piperidine rings is 1. The highest BCUT2D eigenvalue weighted by molar-refractivity contribution is 5.80. The molecule has 26 heavy (non-hydrogen) atoms. The van der Waals surface area contributed by atoms with Crippen LogP contribution in [0.3, 0.4) is 0 Å². The van der Waals surface area contributed by atoms with Crippen LogP contribution in [0.2, 0.25) is 0 Å². The molecule has 0 aliphatic carbocycles. The van der Waals surface area contributed by atoms with Gasteiger partial charge in [-0.3, -0.25) is 9.89 Å². The molecule has 1 aromatic rings. The van der Waals surface area contributed by atoms with Crippen molar-refractivity contribution in [1.82, 2.24) is 15.5 Å². The topological polar surface area (TPSA) is 42.9 Å². The number of rotatable bonds is 6. The second kappa shape index (κ2) is 9.71. The van der Waals surface area contributed by atoms with Crippen molar-refractivity contribution in [3.63, 3.8) is 0 Å². The maximum atomic E-state index is 12.5. The van der Waals surface area contributed by atoms with Gasteiger partial charge in [0.05, 0.1) is 6.54 Å². The first-order valence-corrected chi connectivity index (χ1v) is 9.13. The number of anilines is 1. The summed E-state index contributed by atoms with van der Waals surface area (Å²) in [5.41, 5.74) is 3.65. The van der Waals surface area contributed by atoms with Gasteiger partial charge < -0.3 is 15.5 Å². The van der Waals surface area contributed by atoms with Gasteiger partial charge in [0, 0.05) is 52.5 Å². The molecule has 0 amide bonds. The molecule has 5 nitrogen and oxygen atoms in total. The number of likely N-dealkylation sites (tertiary alicyclic amines) is 1. The van der Waals surface area contributed by atoms with Crippen LogP contribution in [0.5, 0.6) is 0 Å². The Morgan fingerprint density at radius 2 is 2.00 bits per heavy atom. The predicted octanol–water partition coefficient (Wildman–Crippen LogP) is 2.46. The van der Waals surface area contributed by atoms with Crippen molar-refractivity contribution in [3.8, 4) is 0 Å². The summed E-state index contributed by atoms with van der Waals surface area (Å²) in [6, 6.07) is 6.69. The summed E-state index contributed by atoms with van der Waals surface area (Å²) in [5, 5.41) is 6.77. The molecule has 1 aromatic carbocycles. The standard InChI is InChI=1S/C19H31F2N5/c1-14-11-17(25(3)4)6-5-15(14)12-23-19(22-2)24-16-7-9-26(10-8-16)13-18(20)21/h5-6,11,16,18H,7-10,12-13H2,1-4H3,(H2,22,23,24). The third kappa shape index (κ3) is 6.12. The lowest BCUT2D eigenvalue weighted by Crippen LogP contribution is -2.49. The molecule has 1 aliphatic rings. The van der Waals surface area contributed by atoms with Gasteiger partial charge in [-0.2, -0.15) is 0 Å². The van der Waals surface area contributed by atoms with Crippen LogP contribution in [0.15, 0.2) is 23.2 Å². The normalized spacial score (nSPS) is 16.8.